The Hall–Kier alpha value is -1.77. The van der Waals surface area contributed by atoms with Gasteiger partial charge in [-0.2, -0.15) is 4.31 Å². The lowest BCUT2D eigenvalue weighted by Crippen LogP contribution is -2.39. The molecule has 8 heteroatoms. The largest absolute Gasteiger partial charge is 0.342 e. The number of sulfonamides is 1. The van der Waals surface area contributed by atoms with E-state index in [9.17, 15) is 8.42 Å². The van der Waals surface area contributed by atoms with Crippen molar-refractivity contribution in [2.45, 2.75) is 43.7 Å². The average molecular weight is 391 g/mol. The van der Waals surface area contributed by atoms with Gasteiger partial charge in [0.25, 0.3) is 10.0 Å². The number of aromatic nitrogens is 3. The van der Waals surface area contributed by atoms with Crippen molar-refractivity contribution in [2.24, 2.45) is 0 Å². The fraction of sp³-hybridized carbons (Fsp3) is 0.444. The zero-order chi connectivity index (χ0) is 18.5. The Balaban J connectivity index is 1.63. The maximum Gasteiger partial charge on any atom is 0.254 e. The fourth-order valence-corrected chi connectivity index (χ4v) is 6.73. The van der Waals surface area contributed by atoms with E-state index in [-0.39, 0.29) is 5.92 Å². The van der Waals surface area contributed by atoms with Crippen LogP contribution in [0.1, 0.15) is 40.8 Å². The average Bonchev–Trinajstić information content (AvgIpc) is 3.17. The molecule has 0 unspecified atom stereocenters. The molecule has 1 fully saturated rings. The molecule has 4 rings (SSSR count). The molecule has 1 saturated heterocycles. The van der Waals surface area contributed by atoms with E-state index < -0.39 is 10.0 Å². The summed E-state index contributed by atoms with van der Waals surface area (Å²) in [5.74, 6) is 0.961. The molecule has 0 spiro atoms. The third-order valence-corrected chi connectivity index (χ3v) is 8.39. The van der Waals surface area contributed by atoms with Crippen LogP contribution in [0, 0.1) is 20.8 Å². The summed E-state index contributed by atoms with van der Waals surface area (Å²) in [7, 11) is -3.50. The molecule has 1 aromatic carbocycles. The Bertz CT molecular complexity index is 1070. The molecule has 2 aromatic heterocycles. The number of aromatic amines is 1. The standard InChI is InChI=1S/C18H22N4O2S2/c1-11-6-7-15-16(9-11)21-17(20-15)14-5-4-8-22(10-14)26(23,24)18-12(2)19-13(3)25-18/h6-7,9,14H,4-5,8,10H2,1-3H3,(H,20,21)/t14-/m0/s1. The normalized spacial score (nSPS) is 19.3. The molecule has 0 aliphatic carbocycles. The van der Waals surface area contributed by atoms with Crippen LogP contribution in [0.15, 0.2) is 22.4 Å². The van der Waals surface area contributed by atoms with Crippen LogP contribution in [0.25, 0.3) is 11.0 Å². The molecule has 138 valence electrons. The topological polar surface area (TPSA) is 79.0 Å². The number of benzene rings is 1. The van der Waals surface area contributed by atoms with Crippen LogP contribution in [0.5, 0.6) is 0 Å². The minimum Gasteiger partial charge on any atom is -0.342 e. The number of piperidine rings is 1. The number of aryl methyl sites for hydroxylation is 3. The smallest absolute Gasteiger partial charge is 0.254 e. The van der Waals surface area contributed by atoms with Gasteiger partial charge in [-0.05, 0) is 51.3 Å². The van der Waals surface area contributed by atoms with Gasteiger partial charge in [-0.3, -0.25) is 0 Å². The Labute approximate surface area is 157 Å². The van der Waals surface area contributed by atoms with Crippen LogP contribution >= 0.6 is 11.3 Å². The number of nitrogens with one attached hydrogen (secondary N) is 1. The molecule has 3 heterocycles. The van der Waals surface area contributed by atoms with Crippen LogP contribution in [-0.4, -0.2) is 40.8 Å². The number of fused-ring (bicyclic) bond motifs is 1. The van der Waals surface area contributed by atoms with Crippen molar-refractivity contribution in [1.82, 2.24) is 19.3 Å². The highest BCUT2D eigenvalue weighted by Gasteiger charge is 2.34. The van der Waals surface area contributed by atoms with Gasteiger partial charge >= 0.3 is 0 Å². The van der Waals surface area contributed by atoms with Crippen LogP contribution in [-0.2, 0) is 10.0 Å². The highest BCUT2D eigenvalue weighted by molar-refractivity contribution is 7.91. The third-order valence-electron chi connectivity index (χ3n) is 4.86. The number of hydrogen-bond donors (Lipinski definition) is 1. The van der Waals surface area contributed by atoms with Crippen molar-refractivity contribution in [3.05, 3.63) is 40.3 Å². The zero-order valence-corrected chi connectivity index (χ0v) is 16.7. The molecule has 1 atom stereocenters. The lowest BCUT2D eigenvalue weighted by Gasteiger charge is -2.30. The van der Waals surface area contributed by atoms with Gasteiger partial charge in [-0.25, -0.2) is 18.4 Å². The van der Waals surface area contributed by atoms with E-state index in [4.69, 9.17) is 4.98 Å². The number of imidazole rings is 1. The summed E-state index contributed by atoms with van der Waals surface area (Å²) in [6, 6.07) is 6.12. The van der Waals surface area contributed by atoms with E-state index in [1.807, 2.05) is 26.0 Å². The predicted octanol–water partition coefficient (Wildman–Crippen LogP) is 3.51. The maximum atomic E-state index is 13.1. The van der Waals surface area contributed by atoms with E-state index in [1.54, 1.807) is 11.2 Å². The first-order valence-corrected chi connectivity index (χ1v) is 11.0. The summed E-state index contributed by atoms with van der Waals surface area (Å²) in [5.41, 5.74) is 3.71. The molecule has 1 aliphatic heterocycles. The first-order valence-electron chi connectivity index (χ1n) is 8.75. The Morgan fingerprint density at radius 2 is 2.04 bits per heavy atom. The second-order valence-electron chi connectivity index (χ2n) is 6.95. The lowest BCUT2D eigenvalue weighted by atomic mass is 9.99. The minimum absolute atomic E-state index is 0.0838. The molecular formula is C18H22N4O2S2. The van der Waals surface area contributed by atoms with Crippen LogP contribution in [0.2, 0.25) is 0 Å². The molecule has 0 radical (unpaired) electrons. The zero-order valence-electron chi connectivity index (χ0n) is 15.1. The van der Waals surface area contributed by atoms with E-state index in [0.29, 0.717) is 23.0 Å². The summed E-state index contributed by atoms with van der Waals surface area (Å²) < 4.78 is 28.1. The first kappa shape index (κ1) is 17.6. The first-order chi connectivity index (χ1) is 12.3. The van der Waals surface area contributed by atoms with Gasteiger partial charge in [0, 0.05) is 19.0 Å². The molecule has 0 saturated carbocycles. The Kier molecular flexibility index (Phi) is 4.37. The van der Waals surface area contributed by atoms with Gasteiger partial charge in [0.1, 0.15) is 5.82 Å². The summed E-state index contributed by atoms with van der Waals surface area (Å²) in [6.07, 6.45) is 1.77. The van der Waals surface area contributed by atoms with Gasteiger partial charge in [-0.1, -0.05) is 6.07 Å². The predicted molar refractivity (Wildman–Crippen MR) is 103 cm³/mol. The quantitative estimate of drug-likeness (QED) is 0.742. The van der Waals surface area contributed by atoms with Crippen molar-refractivity contribution in [2.75, 3.05) is 13.1 Å². The fourth-order valence-electron chi connectivity index (χ4n) is 3.59. The molecule has 6 nitrogen and oxygen atoms in total. The monoisotopic (exact) mass is 390 g/mol. The van der Waals surface area contributed by atoms with Gasteiger partial charge in [-0.15, -0.1) is 11.3 Å². The number of thiazole rings is 1. The summed E-state index contributed by atoms with van der Waals surface area (Å²) >= 11 is 1.25. The number of H-pyrrole nitrogens is 1. The van der Waals surface area contributed by atoms with E-state index in [1.165, 1.54) is 16.9 Å². The van der Waals surface area contributed by atoms with Crippen molar-refractivity contribution >= 4 is 32.4 Å². The second-order valence-corrected chi connectivity index (χ2v) is 10.3. The highest BCUT2D eigenvalue weighted by Crippen LogP contribution is 2.33. The van der Waals surface area contributed by atoms with Gasteiger partial charge < -0.3 is 4.98 Å². The SMILES string of the molecule is Cc1ccc2nc([C@H]3CCCN(S(=O)(=O)c4sc(C)nc4C)C3)[nH]c2c1. The van der Waals surface area contributed by atoms with Crippen molar-refractivity contribution < 1.29 is 8.42 Å². The Morgan fingerprint density at radius 1 is 1.23 bits per heavy atom. The molecular weight excluding hydrogens is 368 g/mol. The molecule has 0 bridgehead atoms. The van der Waals surface area contributed by atoms with Crippen molar-refractivity contribution in [1.29, 1.82) is 0 Å². The maximum absolute atomic E-state index is 13.1. The third kappa shape index (κ3) is 3.06. The number of rotatable bonds is 3. The number of nitrogens with zero attached hydrogens (tertiary/aromatic N) is 3. The summed E-state index contributed by atoms with van der Waals surface area (Å²) in [5, 5.41) is 0.780. The van der Waals surface area contributed by atoms with E-state index in [2.05, 4.69) is 16.0 Å². The van der Waals surface area contributed by atoms with Crippen molar-refractivity contribution in [3.63, 3.8) is 0 Å². The van der Waals surface area contributed by atoms with Gasteiger partial charge in [0.05, 0.1) is 21.7 Å². The summed E-state index contributed by atoms with van der Waals surface area (Å²) in [6.45, 7) is 6.66. The van der Waals surface area contributed by atoms with Crippen LogP contribution in [0.4, 0.5) is 0 Å². The molecule has 1 aliphatic rings. The highest BCUT2D eigenvalue weighted by atomic mass is 32.2. The molecule has 1 N–H and O–H groups in total. The van der Waals surface area contributed by atoms with E-state index in [0.717, 1.165) is 34.7 Å². The molecule has 3 aromatic rings. The number of hydrogen-bond acceptors (Lipinski definition) is 5. The molecule has 0 amide bonds. The van der Waals surface area contributed by atoms with Crippen molar-refractivity contribution in [3.8, 4) is 0 Å². The lowest BCUT2D eigenvalue weighted by molar-refractivity contribution is 0.310. The van der Waals surface area contributed by atoms with Gasteiger partial charge in [0.15, 0.2) is 4.21 Å². The van der Waals surface area contributed by atoms with Crippen LogP contribution in [0.3, 0.4) is 0 Å². The van der Waals surface area contributed by atoms with E-state index >= 15 is 0 Å². The van der Waals surface area contributed by atoms with Gasteiger partial charge in [0.2, 0.25) is 0 Å². The second kappa shape index (κ2) is 6.44. The minimum atomic E-state index is -3.50. The van der Waals surface area contributed by atoms with Crippen LogP contribution < -0.4 is 0 Å². The molecule has 26 heavy (non-hydrogen) atoms. The Morgan fingerprint density at radius 3 is 2.77 bits per heavy atom. The summed E-state index contributed by atoms with van der Waals surface area (Å²) in [4.78, 5) is 12.4.